The van der Waals surface area contributed by atoms with Crippen LogP contribution in [0.25, 0.3) is 11.2 Å². The van der Waals surface area contributed by atoms with Gasteiger partial charge in [-0.05, 0) is 25.1 Å². The monoisotopic (exact) mass is 487 g/mol. The normalized spacial score (nSPS) is 16.6. The van der Waals surface area contributed by atoms with Gasteiger partial charge in [-0.2, -0.15) is 4.98 Å². The fraction of sp³-hybridized carbons (Fsp3) is 0.478. The van der Waals surface area contributed by atoms with Crippen LogP contribution >= 0.6 is 12.4 Å². The van der Waals surface area contributed by atoms with Gasteiger partial charge in [0.15, 0.2) is 11.2 Å². The molecule has 5 rings (SSSR count). The predicted octanol–water partition coefficient (Wildman–Crippen LogP) is 0.805. The lowest BCUT2D eigenvalue weighted by molar-refractivity contribution is -0.119. The third kappa shape index (κ3) is 4.12. The molecule has 182 valence electrons. The molecule has 0 atom stereocenters. The van der Waals surface area contributed by atoms with E-state index < -0.39 is 5.69 Å². The Morgan fingerprint density at radius 3 is 2.29 bits per heavy atom. The van der Waals surface area contributed by atoms with E-state index in [1.165, 1.54) is 17.3 Å². The highest BCUT2D eigenvalue weighted by Crippen LogP contribution is 2.25. The predicted molar refractivity (Wildman–Crippen MR) is 134 cm³/mol. The van der Waals surface area contributed by atoms with E-state index >= 15 is 0 Å². The summed E-state index contributed by atoms with van der Waals surface area (Å²) < 4.78 is 4.25. The molecular weight excluding hydrogens is 458 g/mol. The maximum atomic E-state index is 12.7. The molecule has 34 heavy (non-hydrogen) atoms. The summed E-state index contributed by atoms with van der Waals surface area (Å²) in [5.41, 5.74) is 1.17. The van der Waals surface area contributed by atoms with Crippen molar-refractivity contribution in [2.75, 3.05) is 49.1 Å². The number of hydrogen-bond acceptors (Lipinski definition) is 6. The van der Waals surface area contributed by atoms with Crippen LogP contribution in [0.5, 0.6) is 0 Å². The molecule has 3 aromatic rings. The van der Waals surface area contributed by atoms with Gasteiger partial charge in [0.05, 0.1) is 0 Å². The van der Waals surface area contributed by atoms with Gasteiger partial charge in [0, 0.05) is 65.5 Å². The van der Waals surface area contributed by atoms with Crippen LogP contribution in [-0.2, 0) is 25.4 Å². The van der Waals surface area contributed by atoms with E-state index in [2.05, 4.69) is 39.0 Å². The number of benzene rings is 1. The molecule has 0 N–H and O–H groups in total. The van der Waals surface area contributed by atoms with Gasteiger partial charge >= 0.3 is 5.69 Å². The standard InChI is InChI=1S/C23H29N7O3.ClH/c1-25-20-19(21(32)26(2)23(25)33)30-12-9-18(31)29(22(30)24-20)11-6-10-27-13-15-28(16-14-27)17-7-4-3-5-8-17;/h3-5,7-8H,6,9-16H2,1-2H3;1H. The van der Waals surface area contributed by atoms with Crippen LogP contribution in [0.3, 0.4) is 0 Å². The second-order valence-corrected chi connectivity index (χ2v) is 8.75. The maximum absolute atomic E-state index is 12.7. The average Bonchev–Trinajstić information content (AvgIpc) is 3.24. The van der Waals surface area contributed by atoms with Crippen molar-refractivity contribution < 1.29 is 4.79 Å². The van der Waals surface area contributed by atoms with E-state index in [-0.39, 0.29) is 23.9 Å². The molecule has 0 radical (unpaired) electrons. The number of imidazole rings is 1. The van der Waals surface area contributed by atoms with Crippen molar-refractivity contribution in [2.24, 2.45) is 14.1 Å². The van der Waals surface area contributed by atoms with Gasteiger partial charge in [0.2, 0.25) is 11.9 Å². The molecule has 1 saturated heterocycles. The highest BCUT2D eigenvalue weighted by atomic mass is 35.5. The lowest BCUT2D eigenvalue weighted by Gasteiger charge is -2.36. The van der Waals surface area contributed by atoms with Crippen LogP contribution in [0.1, 0.15) is 12.8 Å². The van der Waals surface area contributed by atoms with E-state index in [0.29, 0.717) is 36.6 Å². The van der Waals surface area contributed by atoms with Crippen LogP contribution in [-0.4, -0.2) is 68.8 Å². The lowest BCUT2D eigenvalue weighted by atomic mass is 10.2. The zero-order chi connectivity index (χ0) is 23.1. The minimum atomic E-state index is -0.421. The number of para-hydroxylation sites is 1. The number of carbonyl (C=O) groups excluding carboxylic acids is 1. The third-order valence-electron chi connectivity index (χ3n) is 6.77. The van der Waals surface area contributed by atoms with Gasteiger partial charge in [-0.3, -0.25) is 28.5 Å². The molecule has 0 aliphatic carbocycles. The fourth-order valence-corrected chi connectivity index (χ4v) is 4.85. The number of aromatic nitrogens is 4. The van der Waals surface area contributed by atoms with Crippen molar-refractivity contribution >= 4 is 41.1 Å². The van der Waals surface area contributed by atoms with Crippen LogP contribution in [0.2, 0.25) is 0 Å². The number of anilines is 2. The summed E-state index contributed by atoms with van der Waals surface area (Å²) in [6, 6.07) is 10.5. The Labute approximate surface area is 203 Å². The number of nitrogens with zero attached hydrogens (tertiary/aromatic N) is 7. The number of piperazine rings is 1. The average molecular weight is 488 g/mol. The van der Waals surface area contributed by atoms with Crippen molar-refractivity contribution in [1.82, 2.24) is 23.6 Å². The first-order valence-electron chi connectivity index (χ1n) is 11.4. The number of fused-ring (bicyclic) bond motifs is 3. The third-order valence-corrected chi connectivity index (χ3v) is 6.77. The molecule has 0 unspecified atom stereocenters. The summed E-state index contributed by atoms with van der Waals surface area (Å²) in [5, 5.41) is 0. The Balaban J connectivity index is 0.00000274. The molecule has 10 nitrogen and oxygen atoms in total. The van der Waals surface area contributed by atoms with Gasteiger partial charge in [-0.1, -0.05) is 18.2 Å². The molecule has 2 aromatic heterocycles. The zero-order valence-electron chi connectivity index (χ0n) is 19.5. The van der Waals surface area contributed by atoms with Crippen LogP contribution in [0.4, 0.5) is 11.6 Å². The van der Waals surface area contributed by atoms with Crippen LogP contribution < -0.4 is 21.0 Å². The molecular formula is C23H30ClN7O3. The highest BCUT2D eigenvalue weighted by Gasteiger charge is 2.30. The Kier molecular flexibility index (Phi) is 6.81. The molecule has 1 fully saturated rings. The van der Waals surface area contributed by atoms with Crippen molar-refractivity contribution in [3.05, 3.63) is 51.2 Å². The first-order chi connectivity index (χ1) is 16.0. The highest BCUT2D eigenvalue weighted by molar-refractivity contribution is 5.95. The minimum Gasteiger partial charge on any atom is -0.369 e. The van der Waals surface area contributed by atoms with E-state index in [1.54, 1.807) is 16.5 Å². The molecule has 1 amide bonds. The van der Waals surface area contributed by atoms with Crippen molar-refractivity contribution in [2.45, 2.75) is 19.4 Å². The SMILES string of the molecule is Cl.Cn1c(=O)c2c(nc3n2CCC(=O)N3CCCN2CCN(c3ccccc3)CC2)n(C)c1=O. The number of amides is 1. The van der Waals surface area contributed by atoms with E-state index in [0.717, 1.165) is 43.7 Å². The number of aryl methyl sites for hydroxylation is 2. The van der Waals surface area contributed by atoms with Gasteiger partial charge in [-0.25, -0.2) is 4.79 Å². The fourth-order valence-electron chi connectivity index (χ4n) is 4.85. The number of halogens is 1. The topological polar surface area (TPSA) is 88.6 Å². The molecule has 1 aromatic carbocycles. The Morgan fingerprint density at radius 1 is 0.882 bits per heavy atom. The molecule has 2 aliphatic rings. The molecule has 2 aliphatic heterocycles. The number of hydrogen-bond donors (Lipinski definition) is 0. The Morgan fingerprint density at radius 2 is 1.59 bits per heavy atom. The first-order valence-corrected chi connectivity index (χ1v) is 11.4. The quantitative estimate of drug-likeness (QED) is 0.529. The van der Waals surface area contributed by atoms with E-state index in [9.17, 15) is 14.4 Å². The number of rotatable bonds is 5. The van der Waals surface area contributed by atoms with E-state index in [4.69, 9.17) is 0 Å². The van der Waals surface area contributed by atoms with Gasteiger partial charge in [0.25, 0.3) is 5.56 Å². The summed E-state index contributed by atoms with van der Waals surface area (Å²) in [4.78, 5) is 48.8. The second-order valence-electron chi connectivity index (χ2n) is 8.75. The first kappa shape index (κ1) is 24.0. The summed E-state index contributed by atoms with van der Waals surface area (Å²) in [7, 11) is 3.07. The minimum absolute atomic E-state index is 0. The zero-order valence-corrected chi connectivity index (χ0v) is 20.3. The summed E-state index contributed by atoms with van der Waals surface area (Å²) in [6.45, 7) is 5.77. The second kappa shape index (κ2) is 9.63. The van der Waals surface area contributed by atoms with Crippen molar-refractivity contribution in [3.63, 3.8) is 0 Å². The Hall–Kier alpha value is -3.11. The van der Waals surface area contributed by atoms with Gasteiger partial charge < -0.3 is 9.47 Å². The number of carbonyl (C=O) groups is 1. The summed E-state index contributed by atoms with van der Waals surface area (Å²) in [6.07, 6.45) is 1.14. The lowest BCUT2D eigenvalue weighted by Crippen LogP contribution is -2.47. The Bertz CT molecular complexity index is 1310. The van der Waals surface area contributed by atoms with Crippen LogP contribution in [0, 0.1) is 0 Å². The molecule has 11 heteroatoms. The maximum Gasteiger partial charge on any atom is 0.332 e. The van der Waals surface area contributed by atoms with Gasteiger partial charge in [-0.15, -0.1) is 12.4 Å². The van der Waals surface area contributed by atoms with Gasteiger partial charge in [0.1, 0.15) is 0 Å². The van der Waals surface area contributed by atoms with Crippen molar-refractivity contribution in [1.29, 1.82) is 0 Å². The largest absolute Gasteiger partial charge is 0.369 e. The summed E-state index contributed by atoms with van der Waals surface area (Å²) >= 11 is 0. The smallest absolute Gasteiger partial charge is 0.332 e. The van der Waals surface area contributed by atoms with Crippen molar-refractivity contribution in [3.8, 4) is 0 Å². The van der Waals surface area contributed by atoms with Crippen LogP contribution in [0.15, 0.2) is 39.9 Å². The molecule has 4 heterocycles. The molecule has 0 spiro atoms. The van der Waals surface area contributed by atoms with E-state index in [1.807, 2.05) is 6.07 Å². The molecule has 0 saturated carbocycles. The molecule has 0 bridgehead atoms. The summed E-state index contributed by atoms with van der Waals surface area (Å²) in [5.74, 6) is 0.474.